The Balaban J connectivity index is 2.02. The number of halogens is 1. The highest BCUT2D eigenvalue weighted by molar-refractivity contribution is 9.10. The van der Waals surface area contributed by atoms with Crippen molar-refractivity contribution in [3.63, 3.8) is 0 Å². The van der Waals surface area contributed by atoms with E-state index < -0.39 is 0 Å². The van der Waals surface area contributed by atoms with Crippen molar-refractivity contribution in [3.8, 4) is 5.75 Å². The molecule has 0 heterocycles. The van der Waals surface area contributed by atoms with Gasteiger partial charge in [-0.3, -0.25) is 0 Å². The lowest BCUT2D eigenvalue weighted by atomic mass is 10.2. The Bertz CT molecular complexity index is 523. The van der Waals surface area contributed by atoms with E-state index in [4.69, 9.17) is 4.74 Å². The van der Waals surface area contributed by atoms with Crippen LogP contribution in [-0.2, 0) is 6.54 Å². The van der Waals surface area contributed by atoms with Crippen molar-refractivity contribution in [1.82, 2.24) is 0 Å². The number of hydrogen-bond acceptors (Lipinski definition) is 2. The van der Waals surface area contributed by atoms with Crippen LogP contribution in [0.15, 0.2) is 46.9 Å². The molecule has 0 saturated heterocycles. The summed E-state index contributed by atoms with van der Waals surface area (Å²) in [7, 11) is 1.67. The topological polar surface area (TPSA) is 21.3 Å². The van der Waals surface area contributed by atoms with Crippen LogP contribution >= 0.6 is 15.9 Å². The van der Waals surface area contributed by atoms with E-state index in [-0.39, 0.29) is 0 Å². The summed E-state index contributed by atoms with van der Waals surface area (Å²) in [5.41, 5.74) is 3.61. The van der Waals surface area contributed by atoms with E-state index in [2.05, 4.69) is 64.6 Å². The lowest BCUT2D eigenvalue weighted by Crippen LogP contribution is -1.99. The minimum absolute atomic E-state index is 0.797. The Hall–Kier alpha value is -1.48. The molecule has 0 aliphatic rings. The highest BCUT2D eigenvalue weighted by atomic mass is 79.9. The fourth-order valence-electron chi connectivity index (χ4n) is 1.70. The SMILES string of the molecule is COc1ccc(CNc2ccc(C)cc2)cc1Br. The molecular formula is C15H16BrNO. The standard InChI is InChI=1S/C15H16BrNO/c1-11-3-6-13(7-4-11)17-10-12-5-8-15(18-2)14(16)9-12/h3-9,17H,10H2,1-2H3. The quantitative estimate of drug-likeness (QED) is 0.905. The number of rotatable bonds is 4. The van der Waals surface area contributed by atoms with Gasteiger partial charge in [0.1, 0.15) is 5.75 Å². The molecule has 0 aliphatic heterocycles. The molecule has 94 valence electrons. The molecular weight excluding hydrogens is 290 g/mol. The van der Waals surface area contributed by atoms with E-state index >= 15 is 0 Å². The van der Waals surface area contributed by atoms with Gasteiger partial charge in [0, 0.05) is 12.2 Å². The predicted octanol–water partition coefficient (Wildman–Crippen LogP) is 4.38. The third-order valence-electron chi connectivity index (χ3n) is 2.76. The summed E-state index contributed by atoms with van der Waals surface area (Å²) in [6.45, 7) is 2.88. The van der Waals surface area contributed by atoms with Gasteiger partial charge in [0.05, 0.1) is 11.6 Å². The van der Waals surface area contributed by atoms with Crippen molar-refractivity contribution < 1.29 is 4.74 Å². The van der Waals surface area contributed by atoms with E-state index in [1.54, 1.807) is 7.11 Å². The zero-order valence-electron chi connectivity index (χ0n) is 10.5. The zero-order chi connectivity index (χ0) is 13.0. The first-order valence-corrected chi connectivity index (χ1v) is 6.61. The molecule has 0 aliphatic carbocycles. The number of hydrogen-bond donors (Lipinski definition) is 1. The lowest BCUT2D eigenvalue weighted by molar-refractivity contribution is 0.412. The van der Waals surface area contributed by atoms with Crippen LogP contribution in [0.1, 0.15) is 11.1 Å². The third kappa shape index (κ3) is 3.26. The summed E-state index contributed by atoms with van der Waals surface area (Å²) >= 11 is 3.49. The van der Waals surface area contributed by atoms with Gasteiger partial charge in [0.2, 0.25) is 0 Å². The Morgan fingerprint density at radius 3 is 2.44 bits per heavy atom. The smallest absolute Gasteiger partial charge is 0.133 e. The molecule has 18 heavy (non-hydrogen) atoms. The van der Waals surface area contributed by atoms with E-state index in [0.29, 0.717) is 0 Å². The molecule has 2 aromatic rings. The fraction of sp³-hybridized carbons (Fsp3) is 0.200. The summed E-state index contributed by atoms with van der Waals surface area (Å²) in [5.74, 6) is 0.856. The van der Waals surface area contributed by atoms with Gasteiger partial charge in [-0.25, -0.2) is 0 Å². The van der Waals surface area contributed by atoms with Gasteiger partial charge in [0.25, 0.3) is 0 Å². The number of anilines is 1. The highest BCUT2D eigenvalue weighted by Gasteiger charge is 2.01. The van der Waals surface area contributed by atoms with Crippen LogP contribution in [0.4, 0.5) is 5.69 Å². The van der Waals surface area contributed by atoms with Crippen molar-refractivity contribution in [2.45, 2.75) is 13.5 Å². The van der Waals surface area contributed by atoms with Crippen LogP contribution in [0.2, 0.25) is 0 Å². The minimum atomic E-state index is 0.797. The zero-order valence-corrected chi connectivity index (χ0v) is 12.1. The molecule has 0 atom stereocenters. The maximum atomic E-state index is 5.21. The average Bonchev–Trinajstić information content (AvgIpc) is 2.38. The van der Waals surface area contributed by atoms with Gasteiger partial charge in [-0.2, -0.15) is 0 Å². The van der Waals surface area contributed by atoms with Crippen LogP contribution in [0.5, 0.6) is 5.75 Å². The second-order valence-electron chi connectivity index (χ2n) is 4.19. The summed E-state index contributed by atoms with van der Waals surface area (Å²) < 4.78 is 6.19. The maximum Gasteiger partial charge on any atom is 0.133 e. The van der Waals surface area contributed by atoms with Crippen molar-refractivity contribution >= 4 is 21.6 Å². The van der Waals surface area contributed by atoms with Crippen molar-refractivity contribution in [1.29, 1.82) is 0 Å². The largest absolute Gasteiger partial charge is 0.496 e. The molecule has 3 heteroatoms. The number of methoxy groups -OCH3 is 1. The van der Waals surface area contributed by atoms with Crippen molar-refractivity contribution in [2.24, 2.45) is 0 Å². The molecule has 0 spiro atoms. The molecule has 2 aromatic carbocycles. The van der Waals surface area contributed by atoms with Gasteiger partial charge in [-0.15, -0.1) is 0 Å². The second-order valence-corrected chi connectivity index (χ2v) is 5.04. The number of ether oxygens (including phenoxy) is 1. The summed E-state index contributed by atoms with van der Waals surface area (Å²) in [5, 5.41) is 3.39. The summed E-state index contributed by atoms with van der Waals surface area (Å²) in [6.07, 6.45) is 0. The monoisotopic (exact) mass is 305 g/mol. The van der Waals surface area contributed by atoms with Crippen LogP contribution < -0.4 is 10.1 Å². The molecule has 0 unspecified atom stereocenters. The average molecular weight is 306 g/mol. The predicted molar refractivity (Wildman–Crippen MR) is 79.2 cm³/mol. The molecule has 0 bridgehead atoms. The first kappa shape index (κ1) is 13.0. The molecule has 0 amide bonds. The van der Waals surface area contributed by atoms with E-state index in [1.165, 1.54) is 11.1 Å². The molecule has 0 saturated carbocycles. The molecule has 0 fully saturated rings. The van der Waals surface area contributed by atoms with Gasteiger partial charge >= 0.3 is 0 Å². The van der Waals surface area contributed by atoms with Gasteiger partial charge < -0.3 is 10.1 Å². The Kier molecular flexibility index (Phi) is 4.26. The summed E-state index contributed by atoms with van der Waals surface area (Å²) in [6, 6.07) is 14.5. The Morgan fingerprint density at radius 2 is 1.83 bits per heavy atom. The minimum Gasteiger partial charge on any atom is -0.496 e. The Morgan fingerprint density at radius 1 is 1.11 bits per heavy atom. The van der Waals surface area contributed by atoms with Crippen LogP contribution in [0, 0.1) is 6.92 Å². The number of nitrogens with one attached hydrogen (secondary N) is 1. The molecule has 1 N–H and O–H groups in total. The molecule has 2 nitrogen and oxygen atoms in total. The van der Waals surface area contributed by atoms with Gasteiger partial charge in [-0.05, 0) is 52.7 Å². The Labute approximate surface area is 116 Å². The summed E-state index contributed by atoms with van der Waals surface area (Å²) in [4.78, 5) is 0. The van der Waals surface area contributed by atoms with Crippen LogP contribution in [0.25, 0.3) is 0 Å². The van der Waals surface area contributed by atoms with Gasteiger partial charge in [-0.1, -0.05) is 23.8 Å². The van der Waals surface area contributed by atoms with E-state index in [0.717, 1.165) is 22.5 Å². The normalized spacial score (nSPS) is 10.2. The van der Waals surface area contributed by atoms with Crippen LogP contribution in [-0.4, -0.2) is 7.11 Å². The first-order chi connectivity index (χ1) is 8.69. The fourth-order valence-corrected chi connectivity index (χ4v) is 2.28. The maximum absolute atomic E-state index is 5.21. The highest BCUT2D eigenvalue weighted by Crippen LogP contribution is 2.25. The van der Waals surface area contributed by atoms with E-state index in [1.807, 2.05) is 6.07 Å². The molecule has 0 radical (unpaired) electrons. The first-order valence-electron chi connectivity index (χ1n) is 5.82. The molecule has 2 rings (SSSR count). The van der Waals surface area contributed by atoms with Crippen LogP contribution in [0.3, 0.4) is 0 Å². The number of benzene rings is 2. The second kappa shape index (κ2) is 5.91. The van der Waals surface area contributed by atoms with Gasteiger partial charge in [0.15, 0.2) is 0 Å². The van der Waals surface area contributed by atoms with E-state index in [9.17, 15) is 0 Å². The number of aryl methyl sites for hydroxylation is 1. The molecule has 0 aromatic heterocycles. The lowest BCUT2D eigenvalue weighted by Gasteiger charge is -2.09. The third-order valence-corrected chi connectivity index (χ3v) is 3.38. The van der Waals surface area contributed by atoms with Crippen molar-refractivity contribution in [2.75, 3.05) is 12.4 Å². The van der Waals surface area contributed by atoms with Crippen molar-refractivity contribution in [3.05, 3.63) is 58.1 Å².